The van der Waals surface area contributed by atoms with Gasteiger partial charge in [-0.3, -0.25) is 9.13 Å². The van der Waals surface area contributed by atoms with Crippen molar-refractivity contribution in [2.45, 2.75) is 116 Å². The molecule has 4 rings (SSSR count). The highest BCUT2D eigenvalue weighted by molar-refractivity contribution is 7.72. The highest BCUT2D eigenvalue weighted by Gasteiger charge is 2.60. The first kappa shape index (κ1) is 34.8. The summed E-state index contributed by atoms with van der Waals surface area (Å²) in [6, 6.07) is 0. The number of ether oxygens (including phenoxy) is 2. The van der Waals surface area contributed by atoms with E-state index in [1.807, 2.05) is 0 Å². The summed E-state index contributed by atoms with van der Waals surface area (Å²) in [6.07, 6.45) is 16.0. The van der Waals surface area contributed by atoms with Gasteiger partial charge >= 0.3 is 15.2 Å². The molecule has 9 nitrogen and oxygen atoms in total. The first-order valence-electron chi connectivity index (χ1n) is 16.2. The van der Waals surface area contributed by atoms with Crippen molar-refractivity contribution in [1.82, 2.24) is 0 Å². The summed E-state index contributed by atoms with van der Waals surface area (Å²) in [4.78, 5) is 37.0. The van der Waals surface area contributed by atoms with Gasteiger partial charge in [0.2, 0.25) is 0 Å². The summed E-state index contributed by atoms with van der Waals surface area (Å²) in [5.74, 6) is 4.73. The predicted octanol–water partition coefficient (Wildman–Crippen LogP) is 6.43. The van der Waals surface area contributed by atoms with Gasteiger partial charge in [-0.25, -0.2) is 0 Å². The zero-order chi connectivity index (χ0) is 31.1. The van der Waals surface area contributed by atoms with Gasteiger partial charge in [-0.05, 0) is 97.7 Å². The van der Waals surface area contributed by atoms with Crippen LogP contribution in [0.25, 0.3) is 0 Å². The predicted molar refractivity (Wildman–Crippen MR) is 163 cm³/mol. The quantitative estimate of drug-likeness (QED) is 0.0876. The molecule has 3 saturated carbocycles. The van der Waals surface area contributed by atoms with Crippen molar-refractivity contribution in [3.8, 4) is 0 Å². The van der Waals surface area contributed by atoms with Crippen LogP contribution in [0.1, 0.15) is 105 Å². The molecule has 8 atom stereocenters. The normalized spacial score (nSPS) is 36.3. The molecule has 0 radical (unpaired) electrons. The van der Waals surface area contributed by atoms with Crippen LogP contribution >= 0.6 is 15.2 Å². The monoisotopic (exact) mass is 634 g/mol. The Hall–Kier alpha value is -0.0800. The summed E-state index contributed by atoms with van der Waals surface area (Å²) in [6.45, 7) is 11.1. The first-order valence-corrected chi connectivity index (χ1v) is 19.4. The lowest BCUT2D eigenvalue weighted by Gasteiger charge is -2.58. The Morgan fingerprint density at radius 3 is 2.29 bits per heavy atom. The summed E-state index contributed by atoms with van der Waals surface area (Å²) in [5, 5.41) is 6.39. The van der Waals surface area contributed by atoms with E-state index >= 15 is 0 Å². The number of allylic oxidation sites excluding steroid dienone is 1. The van der Waals surface area contributed by atoms with Crippen LogP contribution < -0.4 is 0 Å². The molecule has 0 spiro atoms. The van der Waals surface area contributed by atoms with Gasteiger partial charge in [-0.15, -0.1) is 0 Å². The lowest BCUT2D eigenvalue weighted by atomic mass is 9.47. The van der Waals surface area contributed by atoms with E-state index in [1.54, 1.807) is 0 Å². The fourth-order valence-corrected chi connectivity index (χ4v) is 11.5. The molecule has 11 heteroatoms. The van der Waals surface area contributed by atoms with Gasteiger partial charge in [0, 0.05) is 0 Å². The topological polar surface area (TPSA) is 154 Å². The number of fused-ring (bicyclic) bond motifs is 5. The number of aliphatic hydroxyl groups is 1. The van der Waals surface area contributed by atoms with Crippen molar-refractivity contribution in [2.24, 2.45) is 46.3 Å². The van der Waals surface area contributed by atoms with Gasteiger partial charge in [-0.2, -0.15) is 0 Å². The van der Waals surface area contributed by atoms with Crippen LogP contribution in [0.4, 0.5) is 0 Å². The average molecular weight is 635 g/mol. The van der Waals surface area contributed by atoms with Gasteiger partial charge in [0.05, 0.1) is 25.9 Å². The molecule has 244 valence electrons. The van der Waals surface area contributed by atoms with E-state index in [1.165, 1.54) is 50.5 Å². The van der Waals surface area contributed by atoms with Crippen molar-refractivity contribution in [1.29, 1.82) is 0 Å². The third-order valence-corrected chi connectivity index (χ3v) is 15.8. The van der Waals surface area contributed by atoms with E-state index in [4.69, 9.17) is 9.47 Å². The van der Waals surface area contributed by atoms with Crippen LogP contribution in [-0.4, -0.2) is 55.7 Å². The lowest BCUT2D eigenvalue weighted by molar-refractivity contribution is -0.0700. The van der Waals surface area contributed by atoms with Crippen molar-refractivity contribution in [2.75, 3.05) is 19.8 Å². The molecule has 8 unspecified atom stereocenters. The molecular formula is C31H56O9P2. The molecule has 0 aliphatic heterocycles. The Kier molecular flexibility index (Phi) is 10.7. The Labute approximate surface area is 252 Å². The average Bonchev–Trinajstić information content (AvgIpc) is 3.24. The highest BCUT2D eigenvalue weighted by Crippen LogP contribution is 2.68. The lowest BCUT2D eigenvalue weighted by Crippen LogP contribution is -2.51. The highest BCUT2D eigenvalue weighted by atomic mass is 31.2. The van der Waals surface area contributed by atoms with Gasteiger partial charge < -0.3 is 34.2 Å². The largest absolute Gasteiger partial charge is 0.375 e. The molecule has 4 aliphatic rings. The zero-order valence-corrected chi connectivity index (χ0v) is 28.1. The minimum atomic E-state index is -5.53. The van der Waals surface area contributed by atoms with Crippen molar-refractivity contribution < 1.29 is 43.3 Å². The maximum atomic E-state index is 11.5. The third-order valence-electron chi connectivity index (χ3n) is 12.1. The van der Waals surface area contributed by atoms with E-state index in [9.17, 15) is 33.8 Å². The summed E-state index contributed by atoms with van der Waals surface area (Å²) in [7, 11) is -11.1. The Balaban J connectivity index is 1.31. The van der Waals surface area contributed by atoms with E-state index < -0.39 is 26.9 Å². The molecule has 0 aromatic rings. The van der Waals surface area contributed by atoms with Crippen LogP contribution in [0.3, 0.4) is 0 Å². The van der Waals surface area contributed by atoms with Gasteiger partial charge in [-0.1, -0.05) is 65.5 Å². The third kappa shape index (κ3) is 6.71. The molecular weight excluding hydrogens is 578 g/mol. The van der Waals surface area contributed by atoms with Crippen molar-refractivity contribution in [3.63, 3.8) is 0 Å². The summed E-state index contributed by atoms with van der Waals surface area (Å²) < 4.78 is 34.1. The molecule has 42 heavy (non-hydrogen) atoms. The minimum Gasteiger partial charge on any atom is -0.375 e. The Morgan fingerprint density at radius 2 is 1.64 bits per heavy atom. The van der Waals surface area contributed by atoms with E-state index in [0.717, 1.165) is 55.3 Å². The van der Waals surface area contributed by atoms with Crippen LogP contribution in [0.15, 0.2) is 11.6 Å². The Bertz CT molecular complexity index is 1040. The second-order valence-electron chi connectivity index (χ2n) is 14.9. The SMILES string of the molecule is CC(C)CCCC(C)C1CCC2C3CC=C4CC(OCCOCC(O)(P(=O)(O)O)P(=O)(O)O)CCC4(C)C3CCC12C. The molecule has 3 fully saturated rings. The minimum absolute atomic E-state index is 0.00308. The summed E-state index contributed by atoms with van der Waals surface area (Å²) in [5.41, 5.74) is 2.16. The van der Waals surface area contributed by atoms with Crippen LogP contribution in [0.2, 0.25) is 0 Å². The van der Waals surface area contributed by atoms with Crippen molar-refractivity contribution >= 4 is 15.2 Å². The molecule has 0 bridgehead atoms. The maximum absolute atomic E-state index is 11.5. The summed E-state index contributed by atoms with van der Waals surface area (Å²) >= 11 is 0. The second-order valence-corrected chi connectivity index (χ2v) is 18.9. The van der Waals surface area contributed by atoms with Crippen LogP contribution in [0.5, 0.6) is 0 Å². The Morgan fingerprint density at radius 1 is 0.952 bits per heavy atom. The van der Waals surface area contributed by atoms with E-state index in [-0.39, 0.29) is 24.7 Å². The van der Waals surface area contributed by atoms with Gasteiger partial charge in [0.25, 0.3) is 5.08 Å². The molecule has 0 amide bonds. The molecule has 0 aromatic heterocycles. The fourth-order valence-electron chi connectivity index (χ4n) is 9.61. The van der Waals surface area contributed by atoms with Crippen LogP contribution in [0, 0.1) is 46.3 Å². The van der Waals surface area contributed by atoms with E-state index in [0.29, 0.717) is 11.3 Å². The first-order chi connectivity index (χ1) is 19.4. The number of hydrogen-bond acceptors (Lipinski definition) is 5. The van der Waals surface area contributed by atoms with Crippen LogP contribution in [-0.2, 0) is 18.6 Å². The standard InChI is InChI=1S/C31H56O9P2/c1-21(2)7-6-8-22(3)26-11-12-27-25-10-9-23-19-24(13-15-29(23,4)28(25)14-16-30(26,27)5)40-18-17-39-20-31(32,41(33,34)35)42(36,37)38/h9,21-22,24-28,32H,6-8,10-20H2,1-5H3,(H2,33,34,35)(H2,36,37,38). The van der Waals surface area contributed by atoms with Gasteiger partial charge in [0.1, 0.15) is 0 Å². The van der Waals surface area contributed by atoms with E-state index in [2.05, 4.69) is 40.7 Å². The zero-order valence-electron chi connectivity index (χ0n) is 26.3. The number of hydrogen-bond donors (Lipinski definition) is 5. The van der Waals surface area contributed by atoms with Crippen molar-refractivity contribution in [3.05, 3.63) is 11.6 Å². The smallest absolute Gasteiger partial charge is 0.371 e. The van der Waals surface area contributed by atoms with Gasteiger partial charge in [0.15, 0.2) is 0 Å². The molecule has 0 heterocycles. The molecule has 0 aromatic carbocycles. The second kappa shape index (κ2) is 13.0. The molecule has 4 aliphatic carbocycles. The molecule has 5 N–H and O–H groups in total. The fraction of sp³-hybridized carbons (Fsp3) is 0.935. The molecule has 0 saturated heterocycles. The number of rotatable bonds is 13. The maximum Gasteiger partial charge on any atom is 0.371 e.